The zero-order chi connectivity index (χ0) is 25.0. The molecule has 1 aromatic heterocycles. The predicted octanol–water partition coefficient (Wildman–Crippen LogP) is 3.05. The van der Waals surface area contributed by atoms with Crippen LogP contribution in [0.15, 0.2) is 48.5 Å². The summed E-state index contributed by atoms with van der Waals surface area (Å²) in [6.45, 7) is 1.12. The first-order valence-electron chi connectivity index (χ1n) is 12.1. The van der Waals surface area contributed by atoms with Crippen LogP contribution in [0.2, 0.25) is 0 Å². The van der Waals surface area contributed by atoms with Crippen LogP contribution in [0.1, 0.15) is 64.2 Å². The van der Waals surface area contributed by atoms with Crippen molar-refractivity contribution in [2.24, 2.45) is 5.73 Å². The second-order valence-electron chi connectivity index (χ2n) is 9.70. The van der Waals surface area contributed by atoms with E-state index in [1.807, 2.05) is 24.3 Å². The van der Waals surface area contributed by atoms with Crippen LogP contribution in [0.5, 0.6) is 0 Å². The second kappa shape index (κ2) is 8.05. The molecule has 0 radical (unpaired) electrons. The fourth-order valence-corrected chi connectivity index (χ4v) is 5.42. The Kier molecular flexibility index (Phi) is 4.93. The number of amides is 3. The lowest BCUT2D eigenvalue weighted by Gasteiger charge is -2.34. The van der Waals surface area contributed by atoms with E-state index in [0.29, 0.717) is 47.7 Å². The van der Waals surface area contributed by atoms with Crippen molar-refractivity contribution in [3.8, 4) is 11.8 Å². The Bertz CT molecular complexity index is 1460. The van der Waals surface area contributed by atoms with E-state index in [2.05, 4.69) is 11.2 Å². The molecule has 2 fully saturated rings. The minimum Gasteiger partial charge on any atom is -0.364 e. The molecule has 3 amide bonds. The van der Waals surface area contributed by atoms with Gasteiger partial charge < -0.3 is 15.5 Å². The molecule has 0 unspecified atom stereocenters. The second-order valence-corrected chi connectivity index (χ2v) is 9.70. The van der Waals surface area contributed by atoms with Gasteiger partial charge >= 0.3 is 0 Å². The van der Waals surface area contributed by atoms with Crippen LogP contribution in [0.25, 0.3) is 5.69 Å². The summed E-state index contributed by atoms with van der Waals surface area (Å²) in [4.78, 5) is 42.1. The van der Waals surface area contributed by atoms with Crippen LogP contribution >= 0.6 is 0 Å². The number of nitrogens with two attached hydrogens (primary N) is 1. The van der Waals surface area contributed by atoms with E-state index in [1.54, 1.807) is 34.1 Å². The van der Waals surface area contributed by atoms with Crippen LogP contribution in [-0.2, 0) is 10.2 Å². The Balaban J connectivity index is 1.43. The maximum Gasteiger partial charge on any atom is 0.277 e. The van der Waals surface area contributed by atoms with Gasteiger partial charge in [0.2, 0.25) is 5.91 Å². The Hall–Kier alpha value is -4.45. The van der Waals surface area contributed by atoms with Crippen molar-refractivity contribution in [3.63, 3.8) is 0 Å². The number of fused-ring (bicyclic) bond motifs is 2. The van der Waals surface area contributed by atoms with Gasteiger partial charge in [-0.1, -0.05) is 6.07 Å². The van der Waals surface area contributed by atoms with Crippen LogP contribution in [0, 0.1) is 11.3 Å². The Morgan fingerprint density at radius 1 is 1.00 bits per heavy atom. The molecule has 0 atom stereocenters. The average molecular weight is 481 g/mol. The monoisotopic (exact) mass is 480 g/mol. The zero-order valence-electron chi connectivity index (χ0n) is 19.6. The van der Waals surface area contributed by atoms with Crippen molar-refractivity contribution < 1.29 is 14.4 Å². The number of hydrogen-bond donors (Lipinski definition) is 1. The predicted molar refractivity (Wildman–Crippen MR) is 132 cm³/mol. The molecule has 6 rings (SSSR count). The molecule has 3 heterocycles. The van der Waals surface area contributed by atoms with Gasteiger partial charge in [-0.3, -0.25) is 14.4 Å². The van der Waals surface area contributed by atoms with E-state index in [0.717, 1.165) is 31.4 Å². The Labute approximate surface area is 207 Å². The van der Waals surface area contributed by atoms with Gasteiger partial charge in [0.25, 0.3) is 11.8 Å². The van der Waals surface area contributed by atoms with Crippen molar-refractivity contribution in [1.82, 2.24) is 9.78 Å². The van der Waals surface area contributed by atoms with Gasteiger partial charge in [-0.15, -0.1) is 0 Å². The van der Waals surface area contributed by atoms with Crippen LogP contribution < -0.4 is 15.5 Å². The molecule has 9 heteroatoms. The van der Waals surface area contributed by atoms with Gasteiger partial charge in [-0.25, -0.2) is 4.68 Å². The third-order valence-electron chi connectivity index (χ3n) is 7.43. The smallest absolute Gasteiger partial charge is 0.277 e. The molecule has 3 aromatic rings. The fourth-order valence-electron chi connectivity index (χ4n) is 5.42. The lowest BCUT2D eigenvalue weighted by atomic mass is 9.88. The summed E-state index contributed by atoms with van der Waals surface area (Å²) >= 11 is 0. The minimum atomic E-state index is -0.676. The maximum atomic E-state index is 13.9. The molecule has 0 bridgehead atoms. The first kappa shape index (κ1) is 22.0. The number of rotatable bonds is 4. The summed E-state index contributed by atoms with van der Waals surface area (Å²) < 4.78 is 1.45. The highest BCUT2D eigenvalue weighted by atomic mass is 16.2. The summed E-state index contributed by atoms with van der Waals surface area (Å²) in [5, 5.41) is 13.8. The molecule has 2 aromatic carbocycles. The van der Waals surface area contributed by atoms with Crippen molar-refractivity contribution in [2.75, 3.05) is 22.9 Å². The summed E-state index contributed by atoms with van der Waals surface area (Å²) in [5.41, 5.74) is 8.80. The van der Waals surface area contributed by atoms with Crippen molar-refractivity contribution in [1.29, 1.82) is 5.26 Å². The van der Waals surface area contributed by atoms with Gasteiger partial charge in [0, 0.05) is 41.9 Å². The van der Waals surface area contributed by atoms with Gasteiger partial charge in [0.05, 0.1) is 17.3 Å². The number of piperidine rings is 1. The molecule has 1 saturated heterocycles. The molecule has 3 aliphatic rings. The molecule has 9 nitrogen and oxygen atoms in total. The number of carbonyl (C=O) groups excluding carboxylic acids is 3. The normalized spacial score (nSPS) is 18.2. The molecular weight excluding hydrogens is 456 g/mol. The van der Waals surface area contributed by atoms with Gasteiger partial charge in [-0.05, 0) is 68.1 Å². The van der Waals surface area contributed by atoms with E-state index >= 15 is 0 Å². The number of nitrogens with zero attached hydrogens (tertiary/aromatic N) is 5. The fraction of sp³-hybridized carbons (Fsp3) is 0.296. The van der Waals surface area contributed by atoms with Gasteiger partial charge in [0.1, 0.15) is 5.69 Å². The lowest BCUT2D eigenvalue weighted by Crippen LogP contribution is -2.45. The number of carbonyl (C=O) groups is 3. The van der Waals surface area contributed by atoms with E-state index in [9.17, 15) is 19.6 Å². The summed E-state index contributed by atoms with van der Waals surface area (Å²) in [6.07, 6.45) is 4.07. The van der Waals surface area contributed by atoms with Gasteiger partial charge in [0.15, 0.2) is 5.69 Å². The lowest BCUT2D eigenvalue weighted by molar-refractivity contribution is -0.119. The zero-order valence-corrected chi connectivity index (χ0v) is 19.6. The average Bonchev–Trinajstić information content (AvgIpc) is 3.54. The molecule has 1 aliphatic carbocycles. The molecule has 1 saturated carbocycles. The van der Waals surface area contributed by atoms with E-state index < -0.39 is 5.91 Å². The molecular formula is C27H24N6O3. The van der Waals surface area contributed by atoms with E-state index in [-0.39, 0.29) is 22.9 Å². The van der Waals surface area contributed by atoms with Crippen LogP contribution in [0.4, 0.5) is 11.4 Å². The topological polar surface area (TPSA) is 125 Å². The number of nitriles is 1. The maximum absolute atomic E-state index is 13.9. The number of anilines is 2. The Morgan fingerprint density at radius 2 is 1.72 bits per heavy atom. The number of primary amides is 1. The third kappa shape index (κ3) is 3.37. The van der Waals surface area contributed by atoms with Crippen LogP contribution in [-0.4, -0.2) is 40.6 Å². The first-order valence-corrected chi connectivity index (χ1v) is 12.1. The number of aromatic nitrogens is 2. The highest BCUT2D eigenvalue weighted by molar-refractivity contribution is 6.10. The quantitative estimate of drug-likeness (QED) is 0.614. The SMILES string of the molecule is N#Cc1cccc(-n2nc(C(N)=O)c3c2C(=O)N(c2ccc(N4CCCCC4=O)cc2)CC32CC2)c1. The number of hydrogen-bond acceptors (Lipinski definition) is 5. The first-order chi connectivity index (χ1) is 17.4. The third-order valence-corrected chi connectivity index (χ3v) is 7.43. The highest BCUT2D eigenvalue weighted by Crippen LogP contribution is 2.54. The number of benzene rings is 2. The van der Waals surface area contributed by atoms with E-state index in [4.69, 9.17) is 5.73 Å². The van der Waals surface area contributed by atoms with Crippen LogP contribution in [0.3, 0.4) is 0 Å². The summed E-state index contributed by atoms with van der Waals surface area (Å²) in [7, 11) is 0. The molecule has 2 N–H and O–H groups in total. The van der Waals surface area contributed by atoms with Crippen molar-refractivity contribution >= 4 is 29.1 Å². The summed E-state index contributed by atoms with van der Waals surface area (Å²) in [5.74, 6) is -0.844. The molecule has 2 aliphatic heterocycles. The van der Waals surface area contributed by atoms with E-state index in [1.165, 1.54) is 4.68 Å². The van der Waals surface area contributed by atoms with Gasteiger partial charge in [-0.2, -0.15) is 10.4 Å². The Morgan fingerprint density at radius 3 is 2.36 bits per heavy atom. The molecule has 1 spiro atoms. The molecule has 180 valence electrons. The minimum absolute atomic E-state index is 0.108. The summed E-state index contributed by atoms with van der Waals surface area (Å²) in [6, 6.07) is 16.3. The largest absolute Gasteiger partial charge is 0.364 e. The van der Waals surface area contributed by atoms with Crippen molar-refractivity contribution in [2.45, 2.75) is 37.5 Å². The standard InChI is InChI=1S/C27H24N6O3/c28-15-17-4-3-5-20(14-17)33-24-22(23(30-33)25(29)35)27(11-12-27)16-32(26(24)36)19-9-7-18(8-10-19)31-13-2-1-6-21(31)34/h3-5,7-10,14H,1-2,6,11-13,16H2,(H2,29,35). The molecule has 36 heavy (non-hydrogen) atoms. The van der Waals surface area contributed by atoms with Crippen molar-refractivity contribution in [3.05, 3.63) is 71.0 Å². The highest BCUT2D eigenvalue weighted by Gasteiger charge is 2.56.